The molecule has 0 spiro atoms. The Morgan fingerprint density at radius 3 is 2.64 bits per heavy atom. The second-order valence-electron chi connectivity index (χ2n) is 3.09. The average molecular weight is 154 g/mol. The van der Waals surface area contributed by atoms with Gasteiger partial charge in [-0.15, -0.1) is 0 Å². The van der Waals surface area contributed by atoms with E-state index in [2.05, 4.69) is 13.8 Å². The van der Waals surface area contributed by atoms with Gasteiger partial charge in [0.2, 0.25) is 0 Å². The van der Waals surface area contributed by atoms with Crippen LogP contribution < -0.4 is 0 Å². The highest BCUT2D eigenvalue weighted by Crippen LogP contribution is 2.08. The topological polar surface area (TPSA) is 17.1 Å². The lowest BCUT2D eigenvalue weighted by atomic mass is 10.0. The van der Waals surface area contributed by atoms with Crippen molar-refractivity contribution in [1.29, 1.82) is 0 Å². The summed E-state index contributed by atoms with van der Waals surface area (Å²) >= 11 is 0. The van der Waals surface area contributed by atoms with E-state index in [1.54, 1.807) is 13.0 Å². The minimum atomic E-state index is 0.147. The van der Waals surface area contributed by atoms with Crippen molar-refractivity contribution in [3.05, 3.63) is 12.2 Å². The van der Waals surface area contributed by atoms with Crippen LogP contribution in [0.3, 0.4) is 0 Å². The number of ketones is 1. The maximum atomic E-state index is 10.5. The van der Waals surface area contributed by atoms with Gasteiger partial charge in [-0.25, -0.2) is 0 Å². The van der Waals surface area contributed by atoms with Crippen LogP contribution in [0.15, 0.2) is 12.2 Å². The zero-order valence-corrected chi connectivity index (χ0v) is 7.76. The normalized spacial score (nSPS) is 13.7. The lowest BCUT2D eigenvalue weighted by molar-refractivity contribution is -0.112. The maximum Gasteiger partial charge on any atom is 0.152 e. The first-order chi connectivity index (χ1) is 5.16. The first-order valence-corrected chi connectivity index (χ1v) is 4.35. The van der Waals surface area contributed by atoms with Crippen LogP contribution in [0.2, 0.25) is 0 Å². The second-order valence-corrected chi connectivity index (χ2v) is 3.09. The molecule has 0 radical (unpaired) electrons. The molecule has 0 aromatic heterocycles. The monoisotopic (exact) mass is 154 g/mol. The predicted octanol–water partition coefficient (Wildman–Crippen LogP) is 2.96. The molecule has 0 aromatic rings. The number of allylic oxidation sites excluding steroid dienone is 2. The molecule has 0 amide bonds. The number of hydrogen-bond acceptors (Lipinski definition) is 1. The molecule has 0 saturated carbocycles. The summed E-state index contributed by atoms with van der Waals surface area (Å²) in [6, 6.07) is 0. The molecule has 0 fully saturated rings. The van der Waals surface area contributed by atoms with Crippen molar-refractivity contribution in [2.45, 2.75) is 40.0 Å². The van der Waals surface area contributed by atoms with Crippen LogP contribution in [0.1, 0.15) is 40.0 Å². The van der Waals surface area contributed by atoms with Gasteiger partial charge in [0.05, 0.1) is 0 Å². The van der Waals surface area contributed by atoms with E-state index in [0.29, 0.717) is 5.92 Å². The van der Waals surface area contributed by atoms with Crippen molar-refractivity contribution in [2.75, 3.05) is 0 Å². The van der Waals surface area contributed by atoms with Crippen molar-refractivity contribution in [2.24, 2.45) is 5.92 Å². The van der Waals surface area contributed by atoms with Gasteiger partial charge in [0.1, 0.15) is 0 Å². The van der Waals surface area contributed by atoms with E-state index in [1.807, 2.05) is 6.08 Å². The molecule has 0 rings (SSSR count). The van der Waals surface area contributed by atoms with Gasteiger partial charge in [0.25, 0.3) is 0 Å². The van der Waals surface area contributed by atoms with E-state index in [9.17, 15) is 4.79 Å². The Hall–Kier alpha value is -0.590. The van der Waals surface area contributed by atoms with Gasteiger partial charge in [-0.2, -0.15) is 0 Å². The van der Waals surface area contributed by atoms with E-state index in [1.165, 1.54) is 19.3 Å². The van der Waals surface area contributed by atoms with Crippen molar-refractivity contribution < 1.29 is 4.79 Å². The van der Waals surface area contributed by atoms with E-state index in [-0.39, 0.29) is 5.78 Å². The number of hydrogen-bond donors (Lipinski definition) is 0. The zero-order valence-electron chi connectivity index (χ0n) is 7.76. The Balaban J connectivity index is 3.50. The standard InChI is InChI=1S/C10H18O/c1-4-5-6-9(2)7-8-10(3)11/h7-9H,4-6H2,1-3H3/b8-7-. The smallest absolute Gasteiger partial charge is 0.152 e. The fraction of sp³-hybridized carbons (Fsp3) is 0.700. The van der Waals surface area contributed by atoms with Gasteiger partial charge in [-0.05, 0) is 25.3 Å². The van der Waals surface area contributed by atoms with Crippen LogP contribution >= 0.6 is 0 Å². The van der Waals surface area contributed by atoms with Gasteiger partial charge in [0, 0.05) is 0 Å². The highest BCUT2D eigenvalue weighted by molar-refractivity contribution is 5.87. The fourth-order valence-corrected chi connectivity index (χ4v) is 0.922. The molecule has 0 aromatic carbocycles. The Kier molecular flexibility index (Phi) is 5.81. The highest BCUT2D eigenvalue weighted by Gasteiger charge is 1.95. The Morgan fingerprint density at radius 2 is 2.18 bits per heavy atom. The molecule has 0 aliphatic heterocycles. The summed E-state index contributed by atoms with van der Waals surface area (Å²) < 4.78 is 0. The van der Waals surface area contributed by atoms with Crippen LogP contribution in [-0.4, -0.2) is 5.78 Å². The largest absolute Gasteiger partial charge is 0.295 e. The van der Waals surface area contributed by atoms with Gasteiger partial charge in [0.15, 0.2) is 5.78 Å². The lowest BCUT2D eigenvalue weighted by Crippen LogP contribution is -1.90. The molecule has 0 saturated heterocycles. The molecular formula is C10H18O. The molecule has 0 N–H and O–H groups in total. The number of unbranched alkanes of at least 4 members (excludes halogenated alkanes) is 1. The molecular weight excluding hydrogens is 136 g/mol. The number of rotatable bonds is 5. The maximum absolute atomic E-state index is 10.5. The summed E-state index contributed by atoms with van der Waals surface area (Å²) in [5.74, 6) is 0.701. The van der Waals surface area contributed by atoms with E-state index in [0.717, 1.165) is 0 Å². The van der Waals surface area contributed by atoms with Crippen LogP contribution in [-0.2, 0) is 4.79 Å². The molecule has 1 unspecified atom stereocenters. The third-order valence-corrected chi connectivity index (χ3v) is 1.67. The molecule has 11 heavy (non-hydrogen) atoms. The van der Waals surface area contributed by atoms with Crippen LogP contribution in [0, 0.1) is 5.92 Å². The van der Waals surface area contributed by atoms with E-state index >= 15 is 0 Å². The third-order valence-electron chi connectivity index (χ3n) is 1.67. The number of carbonyl (C=O) groups is 1. The molecule has 0 bridgehead atoms. The Bertz CT molecular complexity index is 136. The molecule has 1 nitrogen and oxygen atoms in total. The van der Waals surface area contributed by atoms with Crippen molar-refractivity contribution in [3.63, 3.8) is 0 Å². The van der Waals surface area contributed by atoms with E-state index < -0.39 is 0 Å². The van der Waals surface area contributed by atoms with Crippen molar-refractivity contribution in [3.8, 4) is 0 Å². The van der Waals surface area contributed by atoms with E-state index in [4.69, 9.17) is 0 Å². The summed E-state index contributed by atoms with van der Waals surface area (Å²) in [6.45, 7) is 5.92. The second kappa shape index (κ2) is 6.14. The summed E-state index contributed by atoms with van der Waals surface area (Å²) in [7, 11) is 0. The minimum absolute atomic E-state index is 0.147. The van der Waals surface area contributed by atoms with Gasteiger partial charge in [-0.1, -0.05) is 32.8 Å². The van der Waals surface area contributed by atoms with Crippen molar-refractivity contribution >= 4 is 5.78 Å². The summed E-state index contributed by atoms with van der Waals surface area (Å²) in [5, 5.41) is 0. The molecule has 64 valence electrons. The van der Waals surface area contributed by atoms with Crippen LogP contribution in [0.4, 0.5) is 0 Å². The summed E-state index contributed by atoms with van der Waals surface area (Å²) in [6.07, 6.45) is 7.35. The SMILES string of the molecule is CCCCC(C)/C=C\C(C)=O. The first-order valence-electron chi connectivity index (χ1n) is 4.35. The molecule has 0 aliphatic rings. The molecule has 1 heteroatoms. The zero-order chi connectivity index (χ0) is 8.69. The minimum Gasteiger partial charge on any atom is -0.295 e. The first kappa shape index (κ1) is 10.4. The summed E-state index contributed by atoms with van der Waals surface area (Å²) in [4.78, 5) is 10.5. The number of carbonyl (C=O) groups excluding carboxylic acids is 1. The van der Waals surface area contributed by atoms with Crippen LogP contribution in [0.5, 0.6) is 0 Å². The predicted molar refractivity (Wildman–Crippen MR) is 48.5 cm³/mol. The van der Waals surface area contributed by atoms with Gasteiger partial charge >= 0.3 is 0 Å². The third kappa shape index (κ3) is 7.31. The molecule has 0 heterocycles. The highest BCUT2D eigenvalue weighted by atomic mass is 16.1. The Labute approximate surface area is 69.5 Å². The quantitative estimate of drug-likeness (QED) is 0.556. The Morgan fingerprint density at radius 1 is 1.55 bits per heavy atom. The molecule has 1 atom stereocenters. The van der Waals surface area contributed by atoms with Gasteiger partial charge < -0.3 is 0 Å². The lowest BCUT2D eigenvalue weighted by Gasteiger charge is -2.02. The van der Waals surface area contributed by atoms with Crippen molar-refractivity contribution in [1.82, 2.24) is 0 Å². The summed E-state index contributed by atoms with van der Waals surface area (Å²) in [5.41, 5.74) is 0. The van der Waals surface area contributed by atoms with Gasteiger partial charge in [-0.3, -0.25) is 4.79 Å². The average Bonchev–Trinajstić information content (AvgIpc) is 1.97. The van der Waals surface area contributed by atoms with Crippen LogP contribution in [0.25, 0.3) is 0 Å². The molecule has 0 aliphatic carbocycles. The fourth-order valence-electron chi connectivity index (χ4n) is 0.922.